The Hall–Kier alpha value is -0.660. The van der Waals surface area contributed by atoms with Crippen LogP contribution in [-0.2, 0) is 15.0 Å². The highest BCUT2D eigenvalue weighted by molar-refractivity contribution is 7.87. The molecule has 2 unspecified atom stereocenters. The first-order chi connectivity index (χ1) is 9.21. The quantitative estimate of drug-likeness (QED) is 0.820. The van der Waals surface area contributed by atoms with Crippen LogP contribution in [0, 0.1) is 5.41 Å². The van der Waals surface area contributed by atoms with Crippen molar-refractivity contribution in [3.8, 4) is 0 Å². The van der Waals surface area contributed by atoms with E-state index in [1.165, 1.54) is 0 Å². The molecule has 2 rings (SSSR count). The third kappa shape index (κ3) is 3.51. The van der Waals surface area contributed by atoms with Crippen LogP contribution in [0.25, 0.3) is 0 Å². The third-order valence-electron chi connectivity index (χ3n) is 4.33. The summed E-state index contributed by atoms with van der Waals surface area (Å²) in [4.78, 5) is 11.2. The van der Waals surface area contributed by atoms with E-state index in [2.05, 4.69) is 18.6 Å². The molecule has 0 amide bonds. The summed E-state index contributed by atoms with van der Waals surface area (Å²) >= 11 is 0. The van der Waals surface area contributed by atoms with E-state index in [-0.39, 0.29) is 11.5 Å². The van der Waals surface area contributed by atoms with Crippen molar-refractivity contribution < 1.29 is 18.3 Å². The molecule has 2 aliphatic rings. The van der Waals surface area contributed by atoms with Crippen molar-refractivity contribution in [2.75, 3.05) is 6.54 Å². The molecule has 1 aliphatic heterocycles. The molecule has 6 nitrogen and oxygen atoms in total. The summed E-state index contributed by atoms with van der Waals surface area (Å²) in [6.07, 6.45) is 4.49. The van der Waals surface area contributed by atoms with Gasteiger partial charge in [-0.05, 0) is 43.9 Å². The van der Waals surface area contributed by atoms with Gasteiger partial charge in [0, 0.05) is 12.6 Å². The Balaban J connectivity index is 2.07. The molecule has 20 heavy (non-hydrogen) atoms. The van der Waals surface area contributed by atoms with Gasteiger partial charge in [0.1, 0.15) is 6.04 Å². The summed E-state index contributed by atoms with van der Waals surface area (Å²) in [5.74, 6) is -1.05. The van der Waals surface area contributed by atoms with Crippen LogP contribution in [0.15, 0.2) is 0 Å². The lowest BCUT2D eigenvalue weighted by atomic mass is 9.92. The van der Waals surface area contributed by atoms with Gasteiger partial charge in [-0.15, -0.1) is 0 Å². The Kier molecular flexibility index (Phi) is 4.41. The van der Waals surface area contributed by atoms with Crippen LogP contribution in [-0.4, -0.2) is 42.4 Å². The maximum Gasteiger partial charge on any atom is 0.322 e. The number of hydrogen-bond acceptors (Lipinski definition) is 3. The minimum atomic E-state index is -3.71. The van der Waals surface area contributed by atoms with Gasteiger partial charge in [-0.3, -0.25) is 4.79 Å². The summed E-state index contributed by atoms with van der Waals surface area (Å²) in [6.45, 7) is 4.55. The van der Waals surface area contributed by atoms with Crippen LogP contribution in [0.1, 0.15) is 52.4 Å². The lowest BCUT2D eigenvalue weighted by Gasteiger charge is -2.32. The van der Waals surface area contributed by atoms with Gasteiger partial charge in [0.15, 0.2) is 0 Å². The summed E-state index contributed by atoms with van der Waals surface area (Å²) in [5.41, 5.74) is 0.154. The Morgan fingerprint density at radius 2 is 2.00 bits per heavy atom. The molecule has 1 saturated heterocycles. The van der Waals surface area contributed by atoms with Gasteiger partial charge in [0.25, 0.3) is 10.2 Å². The van der Waals surface area contributed by atoms with Gasteiger partial charge in [0.2, 0.25) is 0 Å². The van der Waals surface area contributed by atoms with Crippen LogP contribution in [0.4, 0.5) is 0 Å². The molecule has 0 radical (unpaired) electrons. The molecule has 2 fully saturated rings. The zero-order valence-electron chi connectivity index (χ0n) is 12.1. The SMILES string of the molecule is CC1(C)CCC(NS(=O)(=O)N2CCCCC2C(=O)O)C1. The van der Waals surface area contributed by atoms with Crippen molar-refractivity contribution in [3.63, 3.8) is 0 Å². The maximum atomic E-state index is 12.4. The molecule has 0 aromatic heterocycles. The summed E-state index contributed by atoms with van der Waals surface area (Å²) in [7, 11) is -3.71. The number of hydrogen-bond donors (Lipinski definition) is 2. The largest absolute Gasteiger partial charge is 0.480 e. The Labute approximate surface area is 120 Å². The first-order valence-corrected chi connectivity index (χ1v) is 8.67. The molecule has 1 aliphatic carbocycles. The van der Waals surface area contributed by atoms with Crippen molar-refractivity contribution >= 4 is 16.2 Å². The van der Waals surface area contributed by atoms with Crippen molar-refractivity contribution in [2.24, 2.45) is 5.41 Å². The second kappa shape index (κ2) is 5.61. The van der Waals surface area contributed by atoms with E-state index < -0.39 is 22.2 Å². The molecular formula is C13H24N2O4S. The number of carbonyl (C=O) groups is 1. The van der Waals surface area contributed by atoms with Crippen LogP contribution in [0.2, 0.25) is 0 Å². The zero-order valence-corrected chi connectivity index (χ0v) is 12.9. The highest BCUT2D eigenvalue weighted by atomic mass is 32.2. The standard InChI is InChI=1S/C13H24N2O4S/c1-13(2)7-6-10(9-13)14-20(18,19)15-8-4-3-5-11(15)12(16)17/h10-11,14H,3-9H2,1-2H3,(H,16,17). The fourth-order valence-corrected chi connectivity index (χ4v) is 4.91. The highest BCUT2D eigenvalue weighted by Crippen LogP contribution is 2.37. The number of carboxylic acids is 1. The van der Waals surface area contributed by atoms with E-state index in [4.69, 9.17) is 0 Å². The van der Waals surface area contributed by atoms with E-state index >= 15 is 0 Å². The van der Waals surface area contributed by atoms with Gasteiger partial charge in [-0.25, -0.2) is 0 Å². The molecule has 0 bridgehead atoms. The molecule has 0 aromatic carbocycles. The maximum absolute atomic E-state index is 12.4. The van der Waals surface area contributed by atoms with E-state index in [1.807, 2.05) is 0 Å². The average molecular weight is 304 g/mol. The second-order valence-corrected chi connectivity index (χ2v) is 8.34. The van der Waals surface area contributed by atoms with Crippen LogP contribution < -0.4 is 4.72 Å². The van der Waals surface area contributed by atoms with E-state index in [9.17, 15) is 18.3 Å². The molecule has 0 aromatic rings. The summed E-state index contributed by atoms with van der Waals surface area (Å²) in [6, 6.07) is -0.998. The predicted octanol–water partition coefficient (Wildman–Crippen LogP) is 1.34. The number of aliphatic carboxylic acids is 1. The Morgan fingerprint density at radius 1 is 1.30 bits per heavy atom. The van der Waals surface area contributed by atoms with Gasteiger partial charge in [0.05, 0.1) is 0 Å². The van der Waals surface area contributed by atoms with Gasteiger partial charge in [-0.1, -0.05) is 13.8 Å². The average Bonchev–Trinajstić information content (AvgIpc) is 2.68. The number of piperidine rings is 1. The molecule has 7 heteroatoms. The number of nitrogens with one attached hydrogen (secondary N) is 1. The number of nitrogens with zero attached hydrogens (tertiary/aromatic N) is 1. The third-order valence-corrected chi connectivity index (χ3v) is 6.02. The summed E-state index contributed by atoms with van der Waals surface area (Å²) in [5, 5.41) is 9.18. The minimum Gasteiger partial charge on any atom is -0.480 e. The molecular weight excluding hydrogens is 280 g/mol. The van der Waals surface area contributed by atoms with E-state index in [0.29, 0.717) is 13.0 Å². The molecule has 116 valence electrons. The summed E-state index contributed by atoms with van der Waals surface area (Å²) < 4.78 is 28.7. The lowest BCUT2D eigenvalue weighted by molar-refractivity contribution is -0.142. The molecule has 1 saturated carbocycles. The zero-order chi connectivity index (χ0) is 15.0. The van der Waals surface area contributed by atoms with E-state index in [1.54, 1.807) is 0 Å². The minimum absolute atomic E-state index is 0.0774. The molecule has 1 heterocycles. The van der Waals surface area contributed by atoms with Crippen molar-refractivity contribution in [1.82, 2.24) is 9.03 Å². The van der Waals surface area contributed by atoms with E-state index in [0.717, 1.165) is 36.4 Å². The molecule has 2 N–H and O–H groups in total. The van der Waals surface area contributed by atoms with Crippen molar-refractivity contribution in [2.45, 2.75) is 64.5 Å². The monoisotopic (exact) mass is 304 g/mol. The van der Waals surface area contributed by atoms with Crippen LogP contribution in [0.5, 0.6) is 0 Å². The topological polar surface area (TPSA) is 86.7 Å². The second-order valence-electron chi connectivity index (χ2n) is 6.69. The smallest absolute Gasteiger partial charge is 0.322 e. The van der Waals surface area contributed by atoms with Gasteiger partial charge >= 0.3 is 5.97 Å². The molecule has 2 atom stereocenters. The fraction of sp³-hybridized carbons (Fsp3) is 0.923. The van der Waals surface area contributed by atoms with Crippen molar-refractivity contribution in [3.05, 3.63) is 0 Å². The first kappa shape index (κ1) is 15.7. The van der Waals surface area contributed by atoms with Crippen LogP contribution in [0.3, 0.4) is 0 Å². The normalized spacial score (nSPS) is 31.3. The Morgan fingerprint density at radius 3 is 2.55 bits per heavy atom. The number of carboxylic acid groups (broad SMARTS) is 1. The first-order valence-electron chi connectivity index (χ1n) is 7.23. The lowest BCUT2D eigenvalue weighted by Crippen LogP contribution is -2.53. The number of rotatable bonds is 4. The van der Waals surface area contributed by atoms with Crippen molar-refractivity contribution in [1.29, 1.82) is 0 Å². The van der Waals surface area contributed by atoms with Gasteiger partial charge < -0.3 is 5.11 Å². The molecule has 0 spiro atoms. The van der Waals surface area contributed by atoms with Gasteiger partial charge in [-0.2, -0.15) is 17.4 Å². The highest BCUT2D eigenvalue weighted by Gasteiger charge is 2.40. The predicted molar refractivity (Wildman–Crippen MR) is 75.5 cm³/mol. The Bertz CT molecular complexity index is 475. The fourth-order valence-electron chi connectivity index (χ4n) is 3.25. The van der Waals surface area contributed by atoms with Crippen LogP contribution >= 0.6 is 0 Å².